The number of carbonyl (C=O) groups excluding carboxylic acids is 1. The average molecular weight is 343 g/mol. The second kappa shape index (κ2) is 7.36. The molecule has 0 bridgehead atoms. The molecule has 6 heteroatoms. The van der Waals surface area contributed by atoms with Gasteiger partial charge in [-0.2, -0.15) is 0 Å². The summed E-state index contributed by atoms with van der Waals surface area (Å²) in [5.41, 5.74) is 1.16. The van der Waals surface area contributed by atoms with E-state index in [1.807, 2.05) is 12.1 Å². The molecule has 0 aliphatic rings. The molecule has 1 atom stereocenters. The molecule has 0 fully saturated rings. The Labute approximate surface area is 144 Å². The summed E-state index contributed by atoms with van der Waals surface area (Å²) in [4.78, 5) is 12.4. The number of halogens is 1. The van der Waals surface area contributed by atoms with E-state index in [9.17, 15) is 9.18 Å². The Morgan fingerprint density at radius 3 is 2.72 bits per heavy atom. The number of rotatable bonds is 6. The Morgan fingerprint density at radius 1 is 1.20 bits per heavy atom. The largest absolute Gasteiger partial charge is 0.493 e. The lowest BCUT2D eigenvalue weighted by atomic mass is 10.1. The van der Waals surface area contributed by atoms with Gasteiger partial charge in [0, 0.05) is 19.0 Å². The number of fused-ring (bicyclic) bond motifs is 1. The van der Waals surface area contributed by atoms with E-state index in [4.69, 9.17) is 13.9 Å². The van der Waals surface area contributed by atoms with Gasteiger partial charge in [-0.15, -0.1) is 0 Å². The van der Waals surface area contributed by atoms with Gasteiger partial charge in [0.25, 0.3) is 5.91 Å². The minimum Gasteiger partial charge on any atom is -0.493 e. The summed E-state index contributed by atoms with van der Waals surface area (Å²) in [7, 11) is 3.05. The Morgan fingerprint density at radius 2 is 2.00 bits per heavy atom. The van der Waals surface area contributed by atoms with Crippen LogP contribution < -0.4 is 10.1 Å². The molecule has 2 aromatic carbocycles. The van der Waals surface area contributed by atoms with Gasteiger partial charge in [0.2, 0.25) is 0 Å². The van der Waals surface area contributed by atoms with Crippen LogP contribution in [0.2, 0.25) is 0 Å². The lowest BCUT2D eigenvalue weighted by Gasteiger charge is -2.16. The first-order valence-electron chi connectivity index (χ1n) is 7.75. The number of hydrogen-bond donors (Lipinski definition) is 1. The normalized spacial score (nSPS) is 12.1. The van der Waals surface area contributed by atoms with Gasteiger partial charge in [-0.05, 0) is 29.8 Å². The van der Waals surface area contributed by atoms with Gasteiger partial charge in [0.15, 0.2) is 17.1 Å². The average Bonchev–Trinajstić information content (AvgIpc) is 3.06. The van der Waals surface area contributed by atoms with Gasteiger partial charge in [0.1, 0.15) is 5.82 Å². The molecule has 1 amide bonds. The van der Waals surface area contributed by atoms with Crippen molar-refractivity contribution in [2.75, 3.05) is 20.8 Å². The summed E-state index contributed by atoms with van der Waals surface area (Å²) >= 11 is 0. The third-order valence-corrected chi connectivity index (χ3v) is 3.90. The maximum absolute atomic E-state index is 13.3. The highest BCUT2D eigenvalue weighted by atomic mass is 19.1. The third kappa shape index (κ3) is 3.64. The van der Waals surface area contributed by atoms with Crippen molar-refractivity contribution in [3.63, 3.8) is 0 Å². The van der Waals surface area contributed by atoms with Crippen molar-refractivity contribution in [1.82, 2.24) is 5.32 Å². The first-order chi connectivity index (χ1) is 12.1. The number of amides is 1. The van der Waals surface area contributed by atoms with Crippen LogP contribution >= 0.6 is 0 Å². The smallest absolute Gasteiger partial charge is 0.287 e. The SMILES string of the molecule is COc1cccc2cc(C(=O)NC[C@H](OC)c3cccc(F)c3)oc12. The van der Waals surface area contributed by atoms with Gasteiger partial charge in [-0.3, -0.25) is 4.79 Å². The van der Waals surface area contributed by atoms with Crippen LogP contribution in [0.25, 0.3) is 11.0 Å². The lowest BCUT2D eigenvalue weighted by Crippen LogP contribution is -2.28. The van der Waals surface area contributed by atoms with Gasteiger partial charge in [-0.1, -0.05) is 24.3 Å². The van der Waals surface area contributed by atoms with Crippen molar-refractivity contribution in [2.45, 2.75) is 6.10 Å². The van der Waals surface area contributed by atoms with Gasteiger partial charge in [0.05, 0.1) is 13.2 Å². The molecule has 5 nitrogen and oxygen atoms in total. The van der Waals surface area contributed by atoms with Crippen LogP contribution in [0.5, 0.6) is 5.75 Å². The van der Waals surface area contributed by atoms with E-state index in [0.717, 1.165) is 5.39 Å². The van der Waals surface area contributed by atoms with E-state index in [-0.39, 0.29) is 24.0 Å². The van der Waals surface area contributed by atoms with E-state index in [1.165, 1.54) is 19.2 Å². The van der Waals surface area contributed by atoms with Crippen LogP contribution in [-0.2, 0) is 4.74 Å². The first-order valence-corrected chi connectivity index (χ1v) is 7.75. The molecule has 25 heavy (non-hydrogen) atoms. The fraction of sp³-hybridized carbons (Fsp3) is 0.211. The summed E-state index contributed by atoms with van der Waals surface area (Å²) in [6.07, 6.45) is -0.460. The van der Waals surface area contributed by atoms with E-state index in [0.29, 0.717) is 16.9 Å². The highest BCUT2D eigenvalue weighted by Crippen LogP contribution is 2.28. The second-order valence-electron chi connectivity index (χ2n) is 5.48. The van der Waals surface area contributed by atoms with Crippen molar-refractivity contribution in [3.05, 3.63) is 65.7 Å². The summed E-state index contributed by atoms with van der Waals surface area (Å²) < 4.78 is 29.5. The Hall–Kier alpha value is -2.86. The molecule has 1 heterocycles. The molecule has 3 aromatic rings. The van der Waals surface area contributed by atoms with Crippen molar-refractivity contribution in [3.8, 4) is 5.75 Å². The summed E-state index contributed by atoms with van der Waals surface area (Å²) in [5, 5.41) is 3.52. The van der Waals surface area contributed by atoms with E-state index in [2.05, 4.69) is 5.32 Å². The van der Waals surface area contributed by atoms with Crippen molar-refractivity contribution in [1.29, 1.82) is 0 Å². The van der Waals surface area contributed by atoms with E-state index < -0.39 is 6.10 Å². The van der Waals surface area contributed by atoms with Crippen LogP contribution in [0.4, 0.5) is 4.39 Å². The zero-order valence-electron chi connectivity index (χ0n) is 13.9. The number of furan rings is 1. The lowest BCUT2D eigenvalue weighted by molar-refractivity contribution is 0.0808. The standard InChI is InChI=1S/C19H18FNO4/c1-23-15-8-4-6-13-10-16(25-18(13)15)19(22)21-11-17(24-2)12-5-3-7-14(20)9-12/h3-10,17H,11H2,1-2H3,(H,21,22)/t17-/m0/s1. The number of ether oxygens (including phenoxy) is 2. The van der Waals surface area contributed by atoms with Crippen molar-refractivity contribution < 1.29 is 23.1 Å². The van der Waals surface area contributed by atoms with Gasteiger partial charge >= 0.3 is 0 Å². The fourth-order valence-electron chi connectivity index (χ4n) is 2.63. The molecule has 3 rings (SSSR count). The Bertz CT molecular complexity index is 890. The summed E-state index contributed by atoms with van der Waals surface area (Å²) in [6, 6.07) is 13.2. The molecule has 1 N–H and O–H groups in total. The zero-order valence-corrected chi connectivity index (χ0v) is 13.9. The number of methoxy groups -OCH3 is 2. The quantitative estimate of drug-likeness (QED) is 0.741. The maximum Gasteiger partial charge on any atom is 0.287 e. The van der Waals surface area contributed by atoms with Crippen molar-refractivity contribution in [2.24, 2.45) is 0 Å². The van der Waals surface area contributed by atoms with Crippen LogP contribution in [0.3, 0.4) is 0 Å². The molecule has 0 aliphatic carbocycles. The minimum absolute atomic E-state index is 0.175. The monoisotopic (exact) mass is 343 g/mol. The number of nitrogens with one attached hydrogen (secondary N) is 1. The van der Waals surface area contributed by atoms with Crippen LogP contribution in [0.15, 0.2) is 52.9 Å². The number of carbonyl (C=O) groups is 1. The second-order valence-corrected chi connectivity index (χ2v) is 5.48. The van der Waals surface area contributed by atoms with Gasteiger partial charge in [-0.25, -0.2) is 4.39 Å². The van der Waals surface area contributed by atoms with Gasteiger partial charge < -0.3 is 19.2 Å². The molecular weight excluding hydrogens is 325 g/mol. The number of hydrogen-bond acceptors (Lipinski definition) is 4. The summed E-state index contributed by atoms with van der Waals surface area (Å²) in [6.45, 7) is 0.187. The molecule has 0 spiro atoms. The summed E-state index contributed by atoms with van der Waals surface area (Å²) in [5.74, 6) is 0.00614. The topological polar surface area (TPSA) is 60.7 Å². The van der Waals surface area contributed by atoms with Crippen LogP contribution in [0.1, 0.15) is 22.2 Å². The highest BCUT2D eigenvalue weighted by Gasteiger charge is 2.17. The van der Waals surface area contributed by atoms with E-state index in [1.54, 1.807) is 31.4 Å². The third-order valence-electron chi connectivity index (χ3n) is 3.90. The Balaban J connectivity index is 1.73. The molecule has 0 aliphatic heterocycles. The zero-order chi connectivity index (χ0) is 17.8. The molecular formula is C19H18FNO4. The number of benzene rings is 2. The molecule has 0 unspecified atom stereocenters. The van der Waals surface area contributed by atoms with Crippen molar-refractivity contribution >= 4 is 16.9 Å². The molecule has 0 saturated carbocycles. The van der Waals surface area contributed by atoms with Crippen LogP contribution in [0, 0.1) is 5.82 Å². The molecule has 1 aromatic heterocycles. The fourth-order valence-corrected chi connectivity index (χ4v) is 2.63. The maximum atomic E-state index is 13.3. The minimum atomic E-state index is -0.460. The van der Waals surface area contributed by atoms with E-state index >= 15 is 0 Å². The highest BCUT2D eigenvalue weighted by molar-refractivity contribution is 5.97. The molecule has 130 valence electrons. The Kier molecular flexibility index (Phi) is 5.00. The predicted molar refractivity (Wildman–Crippen MR) is 91.2 cm³/mol. The van der Waals surface area contributed by atoms with Crippen LogP contribution in [-0.4, -0.2) is 26.7 Å². The first kappa shape index (κ1) is 17.0. The molecule has 0 saturated heterocycles. The predicted octanol–water partition coefficient (Wildman–Crippen LogP) is 3.70. The number of para-hydroxylation sites is 1. The molecule has 0 radical (unpaired) electrons.